The van der Waals surface area contributed by atoms with E-state index in [2.05, 4.69) is 4.74 Å². The van der Waals surface area contributed by atoms with Gasteiger partial charge in [-0.1, -0.05) is 23.2 Å². The molecule has 0 unspecified atom stereocenters. The van der Waals surface area contributed by atoms with E-state index in [0.717, 1.165) is 0 Å². The predicted octanol–water partition coefficient (Wildman–Crippen LogP) is 3.57. The number of methoxy groups -OCH3 is 1. The molecule has 17 heavy (non-hydrogen) atoms. The molecular weight excluding hydrogens is 261 g/mol. The first-order valence-electron chi connectivity index (χ1n) is 4.84. The van der Waals surface area contributed by atoms with Gasteiger partial charge < -0.3 is 9.30 Å². The first kappa shape index (κ1) is 12.0. The van der Waals surface area contributed by atoms with Crippen LogP contribution in [-0.4, -0.2) is 17.6 Å². The normalized spacial score (nSPS) is 10.3. The average molecular weight is 270 g/mol. The maximum atomic E-state index is 11.5. The number of carbonyl (C=O) groups excluding carboxylic acids is 1. The second kappa shape index (κ2) is 4.82. The number of benzene rings is 1. The largest absolute Gasteiger partial charge is 0.465 e. The lowest BCUT2D eigenvalue weighted by Crippen LogP contribution is -2.04. The van der Waals surface area contributed by atoms with Crippen LogP contribution in [0.5, 0.6) is 0 Å². The molecule has 0 radical (unpaired) electrons. The van der Waals surface area contributed by atoms with Gasteiger partial charge in [0.15, 0.2) is 0 Å². The van der Waals surface area contributed by atoms with Crippen molar-refractivity contribution in [1.29, 1.82) is 0 Å². The quantitative estimate of drug-likeness (QED) is 0.781. The Hall–Kier alpha value is -1.45. The van der Waals surface area contributed by atoms with Crippen LogP contribution in [0.3, 0.4) is 0 Å². The van der Waals surface area contributed by atoms with Crippen LogP contribution in [0.15, 0.2) is 36.7 Å². The third-order valence-corrected chi connectivity index (χ3v) is 2.94. The average Bonchev–Trinajstić information content (AvgIpc) is 2.81. The minimum absolute atomic E-state index is 0.276. The molecule has 1 aromatic heterocycles. The Balaban J connectivity index is 2.58. The summed E-state index contributed by atoms with van der Waals surface area (Å²) in [4.78, 5) is 11.5. The molecule has 0 bridgehead atoms. The lowest BCUT2D eigenvalue weighted by Gasteiger charge is -2.09. The fourth-order valence-electron chi connectivity index (χ4n) is 1.50. The van der Waals surface area contributed by atoms with Crippen LogP contribution >= 0.6 is 23.2 Å². The number of rotatable bonds is 2. The highest BCUT2D eigenvalue weighted by atomic mass is 35.5. The molecule has 1 heterocycles. The molecular formula is C12H9Cl2NO2. The number of ether oxygens (including phenoxy) is 1. The first-order chi connectivity index (χ1) is 8.13. The summed E-state index contributed by atoms with van der Waals surface area (Å²) in [6.45, 7) is 0. The molecule has 0 amide bonds. The molecule has 88 valence electrons. The van der Waals surface area contributed by atoms with Gasteiger partial charge in [0.1, 0.15) is 0 Å². The summed E-state index contributed by atoms with van der Waals surface area (Å²) in [7, 11) is 1.31. The molecule has 2 rings (SSSR count). The number of carbonyl (C=O) groups is 1. The van der Waals surface area contributed by atoms with Gasteiger partial charge in [0.2, 0.25) is 0 Å². The fraction of sp³-hybridized carbons (Fsp3) is 0.0833. The molecule has 5 heteroatoms. The zero-order chi connectivity index (χ0) is 12.4. The summed E-state index contributed by atoms with van der Waals surface area (Å²) < 4.78 is 6.45. The first-order valence-corrected chi connectivity index (χ1v) is 5.60. The van der Waals surface area contributed by atoms with E-state index in [1.807, 2.05) is 24.5 Å². The second-order valence-corrected chi connectivity index (χ2v) is 4.18. The molecule has 0 atom stereocenters. The third kappa shape index (κ3) is 2.30. The van der Waals surface area contributed by atoms with E-state index >= 15 is 0 Å². The van der Waals surface area contributed by atoms with Crippen molar-refractivity contribution in [2.75, 3.05) is 7.11 Å². The SMILES string of the molecule is COC(=O)c1cc(-n2cccc2)c(Cl)cc1Cl. The van der Waals surface area contributed by atoms with Gasteiger partial charge in [0.05, 0.1) is 28.4 Å². The van der Waals surface area contributed by atoms with Gasteiger partial charge in [-0.15, -0.1) is 0 Å². The molecule has 0 saturated carbocycles. The van der Waals surface area contributed by atoms with Crippen LogP contribution in [0.25, 0.3) is 5.69 Å². The summed E-state index contributed by atoms with van der Waals surface area (Å²) in [6, 6.07) is 6.87. The van der Waals surface area contributed by atoms with Gasteiger partial charge in [-0.2, -0.15) is 0 Å². The molecule has 0 aliphatic heterocycles. The van der Waals surface area contributed by atoms with E-state index in [1.54, 1.807) is 10.6 Å². The van der Waals surface area contributed by atoms with E-state index in [0.29, 0.717) is 16.3 Å². The lowest BCUT2D eigenvalue weighted by atomic mass is 10.2. The highest BCUT2D eigenvalue weighted by Gasteiger charge is 2.14. The highest BCUT2D eigenvalue weighted by Crippen LogP contribution is 2.28. The van der Waals surface area contributed by atoms with Gasteiger partial charge in [-0.25, -0.2) is 4.79 Å². The standard InChI is InChI=1S/C12H9Cl2NO2/c1-17-12(16)8-6-11(10(14)7-9(8)13)15-4-2-3-5-15/h2-7H,1H3. The Morgan fingerprint density at radius 3 is 2.41 bits per heavy atom. The van der Waals surface area contributed by atoms with Gasteiger partial charge in [-0.3, -0.25) is 0 Å². The lowest BCUT2D eigenvalue weighted by molar-refractivity contribution is 0.0601. The van der Waals surface area contributed by atoms with E-state index in [4.69, 9.17) is 23.2 Å². The summed E-state index contributed by atoms with van der Waals surface area (Å²) >= 11 is 12.0. The van der Waals surface area contributed by atoms with E-state index < -0.39 is 5.97 Å². The molecule has 1 aromatic carbocycles. The van der Waals surface area contributed by atoms with Crippen molar-refractivity contribution in [2.45, 2.75) is 0 Å². The zero-order valence-electron chi connectivity index (χ0n) is 8.98. The fourth-order valence-corrected chi connectivity index (χ4v) is 2.05. The minimum atomic E-state index is -0.486. The van der Waals surface area contributed by atoms with Crippen LogP contribution in [0.4, 0.5) is 0 Å². The van der Waals surface area contributed by atoms with E-state index in [-0.39, 0.29) is 5.02 Å². The molecule has 3 nitrogen and oxygen atoms in total. The van der Waals surface area contributed by atoms with Crippen LogP contribution < -0.4 is 0 Å². The van der Waals surface area contributed by atoms with Crippen molar-refractivity contribution < 1.29 is 9.53 Å². The van der Waals surface area contributed by atoms with Crippen LogP contribution in [0.2, 0.25) is 10.0 Å². The van der Waals surface area contributed by atoms with Gasteiger partial charge in [0.25, 0.3) is 0 Å². The van der Waals surface area contributed by atoms with Crippen molar-refractivity contribution in [2.24, 2.45) is 0 Å². The topological polar surface area (TPSA) is 31.2 Å². The third-order valence-electron chi connectivity index (χ3n) is 2.32. The van der Waals surface area contributed by atoms with Gasteiger partial charge in [-0.05, 0) is 24.3 Å². The smallest absolute Gasteiger partial charge is 0.339 e. The van der Waals surface area contributed by atoms with Gasteiger partial charge >= 0.3 is 5.97 Å². The van der Waals surface area contributed by atoms with Gasteiger partial charge in [0, 0.05) is 12.4 Å². The molecule has 0 N–H and O–H groups in total. The summed E-state index contributed by atoms with van der Waals surface area (Å²) in [6.07, 6.45) is 3.66. The molecule has 0 fully saturated rings. The number of hydrogen-bond donors (Lipinski definition) is 0. The summed E-state index contributed by atoms with van der Waals surface area (Å²) in [5.41, 5.74) is 0.976. The molecule has 0 spiro atoms. The van der Waals surface area contributed by atoms with Crippen molar-refractivity contribution in [3.05, 3.63) is 52.3 Å². The minimum Gasteiger partial charge on any atom is -0.465 e. The highest BCUT2D eigenvalue weighted by molar-refractivity contribution is 6.37. The zero-order valence-corrected chi connectivity index (χ0v) is 10.5. The number of halogens is 2. The van der Waals surface area contributed by atoms with Crippen molar-refractivity contribution in [3.63, 3.8) is 0 Å². The van der Waals surface area contributed by atoms with E-state index in [1.165, 1.54) is 13.2 Å². The van der Waals surface area contributed by atoms with Crippen LogP contribution in [0, 0.1) is 0 Å². The number of nitrogens with zero attached hydrogens (tertiary/aromatic N) is 1. The monoisotopic (exact) mass is 269 g/mol. The molecule has 2 aromatic rings. The van der Waals surface area contributed by atoms with E-state index in [9.17, 15) is 4.79 Å². The predicted molar refractivity (Wildman–Crippen MR) is 67.1 cm³/mol. The Bertz CT molecular complexity index is 550. The number of esters is 1. The molecule has 0 aliphatic rings. The maximum absolute atomic E-state index is 11.5. The summed E-state index contributed by atoms with van der Waals surface area (Å²) in [5, 5.41) is 0.747. The molecule has 0 saturated heterocycles. The van der Waals surface area contributed by atoms with Crippen LogP contribution in [0.1, 0.15) is 10.4 Å². The summed E-state index contributed by atoms with van der Waals surface area (Å²) in [5.74, 6) is -0.486. The Morgan fingerprint density at radius 2 is 1.82 bits per heavy atom. The Labute approximate surface area is 109 Å². The Morgan fingerprint density at radius 1 is 1.18 bits per heavy atom. The maximum Gasteiger partial charge on any atom is 0.339 e. The number of aromatic nitrogens is 1. The number of hydrogen-bond acceptors (Lipinski definition) is 2. The van der Waals surface area contributed by atoms with Crippen molar-refractivity contribution in [1.82, 2.24) is 4.57 Å². The molecule has 0 aliphatic carbocycles. The van der Waals surface area contributed by atoms with Crippen molar-refractivity contribution >= 4 is 29.2 Å². The van der Waals surface area contributed by atoms with Crippen LogP contribution in [-0.2, 0) is 4.74 Å². The second-order valence-electron chi connectivity index (χ2n) is 3.37. The van der Waals surface area contributed by atoms with Crippen molar-refractivity contribution in [3.8, 4) is 5.69 Å². The Kier molecular flexibility index (Phi) is 3.41.